The van der Waals surface area contributed by atoms with E-state index in [1.54, 1.807) is 6.08 Å². The predicted octanol–water partition coefficient (Wildman–Crippen LogP) is 10.0. The lowest BCUT2D eigenvalue weighted by Gasteiger charge is -2.42. The van der Waals surface area contributed by atoms with E-state index in [1.165, 1.54) is 29.6 Å². The molecule has 0 bridgehead atoms. The minimum absolute atomic E-state index is 0.0623. The van der Waals surface area contributed by atoms with E-state index in [-0.39, 0.29) is 28.3 Å². The molecule has 2 unspecified atom stereocenters. The number of hydrogen-bond donors (Lipinski definition) is 1. The smallest absolute Gasteiger partial charge is 0.162 e. The molecule has 1 N–H and O–H groups in total. The number of carbonyl (C=O) groups excluding carboxylic acids is 1. The van der Waals surface area contributed by atoms with E-state index in [1.807, 2.05) is 32.1 Å². The molecule has 0 saturated heterocycles. The fourth-order valence-corrected chi connectivity index (χ4v) is 6.91. The van der Waals surface area contributed by atoms with Crippen LogP contribution in [-0.2, 0) is 9.53 Å². The maximum absolute atomic E-state index is 12.9. The van der Waals surface area contributed by atoms with E-state index < -0.39 is 11.5 Å². The second kappa shape index (κ2) is 13.9. The van der Waals surface area contributed by atoms with Crippen molar-refractivity contribution in [3.05, 3.63) is 107 Å². The Bertz CT molecular complexity index is 1320. The van der Waals surface area contributed by atoms with Crippen LogP contribution in [0.2, 0.25) is 0 Å². The molecule has 2 saturated carbocycles. The minimum Gasteiger partial charge on any atom is -0.393 e. The zero-order valence-corrected chi connectivity index (χ0v) is 28.5. The van der Waals surface area contributed by atoms with Crippen LogP contribution in [0.25, 0.3) is 0 Å². The van der Waals surface area contributed by atoms with Gasteiger partial charge < -0.3 is 9.84 Å². The molecule has 1 heterocycles. The van der Waals surface area contributed by atoms with Gasteiger partial charge in [-0.25, -0.2) is 0 Å². The molecular formula is C40H56O3. The van der Waals surface area contributed by atoms with Gasteiger partial charge in [0.15, 0.2) is 5.78 Å². The third-order valence-corrected chi connectivity index (χ3v) is 10.1. The summed E-state index contributed by atoms with van der Waals surface area (Å²) >= 11 is 0. The maximum atomic E-state index is 12.9. The van der Waals surface area contributed by atoms with Crippen LogP contribution in [0, 0.1) is 16.2 Å². The number of fused-ring (bicyclic) bond motifs is 1. The average Bonchev–Trinajstić information content (AvgIpc) is 3.38. The molecule has 2 fully saturated rings. The van der Waals surface area contributed by atoms with E-state index >= 15 is 0 Å². The summed E-state index contributed by atoms with van der Waals surface area (Å²) in [5.74, 6) is 0.0905. The number of carbonyl (C=O) groups is 1. The first-order valence-corrected chi connectivity index (χ1v) is 16.0. The van der Waals surface area contributed by atoms with Crippen LogP contribution in [0.3, 0.4) is 0 Å². The SMILES string of the molecule is CC(/C=C/C=C(C)/C=C/C(=O)[C@]1(C)C[C@@H](O)CC1(C)C)=C\C=C\C=C(C)\C=C\C=C(/C)C1C=C2C(C)(C)CCCC2(C)O1. The van der Waals surface area contributed by atoms with Crippen LogP contribution in [0.4, 0.5) is 0 Å². The van der Waals surface area contributed by atoms with Gasteiger partial charge >= 0.3 is 0 Å². The van der Waals surface area contributed by atoms with Crippen molar-refractivity contribution in [3.63, 3.8) is 0 Å². The minimum atomic E-state index is -0.527. The first-order valence-electron chi connectivity index (χ1n) is 16.0. The Kier molecular flexibility index (Phi) is 11.2. The van der Waals surface area contributed by atoms with Gasteiger partial charge in [-0.3, -0.25) is 4.79 Å². The summed E-state index contributed by atoms with van der Waals surface area (Å²) in [6.45, 7) is 21.4. The Labute approximate surface area is 262 Å². The van der Waals surface area contributed by atoms with Gasteiger partial charge in [0.2, 0.25) is 0 Å². The largest absolute Gasteiger partial charge is 0.393 e. The van der Waals surface area contributed by atoms with Crippen LogP contribution in [-0.4, -0.2) is 28.7 Å². The van der Waals surface area contributed by atoms with E-state index in [0.29, 0.717) is 12.8 Å². The summed E-state index contributed by atoms with van der Waals surface area (Å²) in [6, 6.07) is 0. The molecular weight excluding hydrogens is 528 g/mol. The molecule has 3 aliphatic rings. The summed E-state index contributed by atoms with van der Waals surface area (Å²) in [5.41, 5.74) is 5.41. The lowest BCUT2D eigenvalue weighted by Crippen LogP contribution is -2.39. The number of ether oxygens (including phenoxy) is 1. The number of allylic oxidation sites excluding steroid dienone is 15. The molecule has 0 aromatic carbocycles. The van der Waals surface area contributed by atoms with Gasteiger partial charge in [-0.1, -0.05) is 118 Å². The van der Waals surface area contributed by atoms with Gasteiger partial charge in [-0.2, -0.15) is 0 Å². The summed E-state index contributed by atoms with van der Waals surface area (Å²) in [7, 11) is 0. The zero-order valence-electron chi connectivity index (χ0n) is 28.5. The van der Waals surface area contributed by atoms with E-state index in [0.717, 1.165) is 17.6 Å². The Hall–Kier alpha value is -2.75. The van der Waals surface area contributed by atoms with Crippen LogP contribution in [0.15, 0.2) is 107 Å². The van der Waals surface area contributed by atoms with Crippen molar-refractivity contribution in [2.24, 2.45) is 16.2 Å². The standard InChI is InChI=1S/C40H56O3/c1-29(18-13-19-31(3)22-23-36(42)39(9)28-33(41)27-38(39,7)8)16-11-12-17-30(2)20-14-21-32(4)34-26-35-37(5,6)24-15-25-40(35,10)43-34/h11-14,16-23,26,33-34,41H,15,24-25,27-28H2,1-10H3/b12-11+,18-13+,20-14+,23-22+,29-16+,30-17+,31-19+,32-21+/t33-,34?,39-,40?/m0/s1. The highest BCUT2D eigenvalue weighted by atomic mass is 16.5. The third-order valence-electron chi connectivity index (χ3n) is 10.1. The van der Waals surface area contributed by atoms with Crippen molar-refractivity contribution in [2.45, 2.75) is 119 Å². The number of rotatable bonds is 10. The molecule has 3 heteroatoms. The second-order valence-corrected chi connectivity index (χ2v) is 14.8. The molecule has 0 aromatic heterocycles. The lowest BCUT2D eigenvalue weighted by atomic mass is 9.66. The highest BCUT2D eigenvalue weighted by Crippen LogP contribution is 2.53. The van der Waals surface area contributed by atoms with Gasteiger partial charge in [0.05, 0.1) is 17.8 Å². The van der Waals surface area contributed by atoms with Crippen molar-refractivity contribution in [3.8, 4) is 0 Å². The molecule has 3 nitrogen and oxygen atoms in total. The fourth-order valence-electron chi connectivity index (χ4n) is 6.91. The third kappa shape index (κ3) is 8.67. The normalized spacial score (nSPS) is 32.0. The van der Waals surface area contributed by atoms with Crippen molar-refractivity contribution < 1.29 is 14.6 Å². The number of hydrogen-bond acceptors (Lipinski definition) is 3. The lowest BCUT2D eigenvalue weighted by molar-refractivity contribution is -0.127. The summed E-state index contributed by atoms with van der Waals surface area (Å²) in [5, 5.41) is 10.1. The van der Waals surface area contributed by atoms with Crippen LogP contribution in [0.5, 0.6) is 0 Å². The molecule has 0 amide bonds. The number of ketones is 1. The Morgan fingerprint density at radius 1 is 0.767 bits per heavy atom. The molecule has 0 radical (unpaired) electrons. The Morgan fingerprint density at radius 2 is 1.33 bits per heavy atom. The maximum Gasteiger partial charge on any atom is 0.162 e. The highest BCUT2D eigenvalue weighted by Gasteiger charge is 2.52. The molecule has 0 spiro atoms. The molecule has 4 atom stereocenters. The summed E-state index contributed by atoms with van der Waals surface area (Å²) in [6.07, 6.45) is 31.1. The van der Waals surface area contributed by atoms with Gasteiger partial charge in [0.1, 0.15) is 0 Å². The van der Waals surface area contributed by atoms with Gasteiger partial charge in [0.25, 0.3) is 0 Å². The molecule has 1 aliphatic heterocycles. The molecule has 0 aromatic rings. The first kappa shape index (κ1) is 34.7. The molecule has 234 valence electrons. The number of aliphatic hydroxyl groups is 1. The summed E-state index contributed by atoms with van der Waals surface area (Å²) < 4.78 is 6.54. The zero-order chi connectivity index (χ0) is 32.1. The van der Waals surface area contributed by atoms with Crippen LogP contribution < -0.4 is 0 Å². The quantitative estimate of drug-likeness (QED) is 0.158. The molecule has 43 heavy (non-hydrogen) atoms. The molecule has 2 aliphatic carbocycles. The Morgan fingerprint density at radius 3 is 1.88 bits per heavy atom. The fraction of sp³-hybridized carbons (Fsp3) is 0.525. The van der Waals surface area contributed by atoms with E-state index in [9.17, 15) is 9.90 Å². The highest BCUT2D eigenvalue weighted by molar-refractivity contribution is 5.95. The van der Waals surface area contributed by atoms with Gasteiger partial charge in [0, 0.05) is 5.41 Å². The van der Waals surface area contributed by atoms with Crippen molar-refractivity contribution in [2.75, 3.05) is 0 Å². The first-order chi connectivity index (χ1) is 20.0. The van der Waals surface area contributed by atoms with E-state index in [2.05, 4.69) is 110 Å². The van der Waals surface area contributed by atoms with E-state index in [4.69, 9.17) is 4.74 Å². The van der Waals surface area contributed by atoms with Crippen molar-refractivity contribution in [1.29, 1.82) is 0 Å². The predicted molar refractivity (Wildman–Crippen MR) is 183 cm³/mol. The van der Waals surface area contributed by atoms with Crippen molar-refractivity contribution >= 4 is 5.78 Å². The topological polar surface area (TPSA) is 46.5 Å². The molecule has 3 rings (SSSR count). The van der Waals surface area contributed by atoms with Crippen molar-refractivity contribution in [1.82, 2.24) is 0 Å². The number of aliphatic hydroxyl groups excluding tert-OH is 1. The van der Waals surface area contributed by atoms with Crippen LogP contribution in [0.1, 0.15) is 101 Å². The Balaban J connectivity index is 1.50. The summed E-state index contributed by atoms with van der Waals surface area (Å²) in [4.78, 5) is 12.9. The van der Waals surface area contributed by atoms with Gasteiger partial charge in [-0.15, -0.1) is 0 Å². The average molecular weight is 585 g/mol. The monoisotopic (exact) mass is 584 g/mol. The van der Waals surface area contributed by atoms with Crippen LogP contribution >= 0.6 is 0 Å². The van der Waals surface area contributed by atoms with Gasteiger partial charge in [-0.05, 0) is 101 Å². The second-order valence-electron chi connectivity index (χ2n) is 14.8.